The number of nitriles is 1. The van der Waals surface area contributed by atoms with E-state index in [0.29, 0.717) is 0 Å². The lowest BCUT2D eigenvalue weighted by molar-refractivity contribution is 0.243. The van der Waals surface area contributed by atoms with Gasteiger partial charge in [-0.1, -0.05) is 56.3 Å². The van der Waals surface area contributed by atoms with E-state index in [9.17, 15) is 5.26 Å². The molecule has 0 amide bonds. The molecular formula is C28H37N5. The number of anilines is 1. The zero-order valence-corrected chi connectivity index (χ0v) is 20.4. The Labute approximate surface area is 198 Å². The van der Waals surface area contributed by atoms with Crippen LogP contribution in [-0.2, 0) is 12.5 Å². The number of aromatic nitrogens is 2. The molecule has 1 atom stereocenters. The summed E-state index contributed by atoms with van der Waals surface area (Å²) in [5.74, 6) is 1.36. The fourth-order valence-corrected chi connectivity index (χ4v) is 5.30. The van der Waals surface area contributed by atoms with Gasteiger partial charge in [0.2, 0.25) is 5.95 Å². The molecule has 33 heavy (non-hydrogen) atoms. The van der Waals surface area contributed by atoms with Crippen molar-refractivity contribution in [1.82, 2.24) is 14.5 Å². The van der Waals surface area contributed by atoms with Gasteiger partial charge in [-0.25, -0.2) is 4.98 Å². The molecule has 1 aliphatic heterocycles. The van der Waals surface area contributed by atoms with Crippen molar-refractivity contribution in [3.8, 4) is 6.07 Å². The van der Waals surface area contributed by atoms with Crippen molar-refractivity contribution in [3.63, 3.8) is 0 Å². The number of hydrogen-bond donors (Lipinski definition) is 0. The van der Waals surface area contributed by atoms with Gasteiger partial charge in [-0.15, -0.1) is 0 Å². The van der Waals surface area contributed by atoms with Gasteiger partial charge in [-0.3, -0.25) is 0 Å². The molecule has 0 aliphatic carbocycles. The number of imidazole rings is 1. The van der Waals surface area contributed by atoms with Gasteiger partial charge in [-0.2, -0.15) is 5.26 Å². The molecule has 0 saturated carbocycles. The summed E-state index contributed by atoms with van der Waals surface area (Å²) in [6.45, 7) is 9.63. The molecule has 5 heteroatoms. The summed E-state index contributed by atoms with van der Waals surface area (Å²) in [5, 5.41) is 10.2. The van der Waals surface area contributed by atoms with E-state index >= 15 is 0 Å². The van der Waals surface area contributed by atoms with Crippen LogP contribution in [0.15, 0.2) is 54.6 Å². The van der Waals surface area contributed by atoms with Gasteiger partial charge in [0.1, 0.15) is 0 Å². The molecule has 0 bridgehead atoms. The molecule has 174 valence electrons. The molecule has 0 spiro atoms. The van der Waals surface area contributed by atoms with Crippen LogP contribution in [0, 0.1) is 17.2 Å². The number of para-hydroxylation sites is 2. The van der Waals surface area contributed by atoms with Gasteiger partial charge in [0, 0.05) is 26.7 Å². The van der Waals surface area contributed by atoms with E-state index in [4.69, 9.17) is 4.98 Å². The highest BCUT2D eigenvalue weighted by Crippen LogP contribution is 2.36. The van der Waals surface area contributed by atoms with Gasteiger partial charge in [-0.05, 0) is 62.4 Å². The average Bonchev–Trinajstić information content (AvgIpc) is 3.15. The van der Waals surface area contributed by atoms with E-state index in [1.54, 1.807) is 0 Å². The Kier molecular flexibility index (Phi) is 7.35. The van der Waals surface area contributed by atoms with Crippen LogP contribution in [0.1, 0.15) is 45.1 Å². The van der Waals surface area contributed by atoms with Crippen LogP contribution in [0.25, 0.3) is 11.0 Å². The average molecular weight is 444 g/mol. The SMILES string of the molecule is CC(C)C(C#N)(CCCN1CCCCN(c2nc3ccccc3n2C)CC1)c1ccccc1. The minimum Gasteiger partial charge on any atom is -0.341 e. The minimum atomic E-state index is -0.414. The topological polar surface area (TPSA) is 48.1 Å². The zero-order valence-electron chi connectivity index (χ0n) is 20.4. The standard InChI is InChI=1S/C28H37N5/c1-23(2)28(22-29,24-12-5-4-6-13-24)16-11-18-32-17-9-10-19-33(21-20-32)27-30-25-14-7-8-15-26(25)31(27)3/h4-8,12-15,23H,9-11,16-21H2,1-3H3. The van der Waals surface area contributed by atoms with Crippen LogP contribution in [-0.4, -0.2) is 47.2 Å². The number of benzene rings is 2. The number of hydrogen-bond acceptors (Lipinski definition) is 4. The third-order valence-electron chi connectivity index (χ3n) is 7.40. The van der Waals surface area contributed by atoms with E-state index in [2.05, 4.69) is 89.9 Å². The predicted octanol–water partition coefficient (Wildman–Crippen LogP) is 5.37. The van der Waals surface area contributed by atoms with Crippen LogP contribution in [0.5, 0.6) is 0 Å². The van der Waals surface area contributed by atoms with Crippen molar-refractivity contribution in [2.75, 3.05) is 37.6 Å². The highest BCUT2D eigenvalue weighted by molar-refractivity contribution is 5.78. The summed E-state index contributed by atoms with van der Waals surface area (Å²) in [6, 6.07) is 21.5. The number of aryl methyl sites for hydroxylation is 1. The van der Waals surface area contributed by atoms with Gasteiger partial charge < -0.3 is 14.4 Å². The number of nitrogens with zero attached hydrogens (tertiary/aromatic N) is 5. The first kappa shape index (κ1) is 23.3. The Bertz CT molecular complexity index is 1080. The fourth-order valence-electron chi connectivity index (χ4n) is 5.30. The third-order valence-corrected chi connectivity index (χ3v) is 7.40. The molecule has 0 radical (unpaired) electrons. The summed E-state index contributed by atoms with van der Waals surface area (Å²) >= 11 is 0. The summed E-state index contributed by atoms with van der Waals surface area (Å²) < 4.78 is 2.23. The predicted molar refractivity (Wildman–Crippen MR) is 136 cm³/mol. The lowest BCUT2D eigenvalue weighted by atomic mass is 9.70. The Morgan fingerprint density at radius 2 is 1.70 bits per heavy atom. The first-order chi connectivity index (χ1) is 16.0. The van der Waals surface area contributed by atoms with Crippen LogP contribution >= 0.6 is 0 Å². The molecule has 0 N–H and O–H groups in total. The van der Waals surface area contributed by atoms with Crippen molar-refractivity contribution >= 4 is 17.0 Å². The van der Waals surface area contributed by atoms with Gasteiger partial charge >= 0.3 is 0 Å². The maximum atomic E-state index is 10.2. The highest BCUT2D eigenvalue weighted by atomic mass is 15.3. The van der Waals surface area contributed by atoms with Crippen molar-refractivity contribution in [1.29, 1.82) is 5.26 Å². The normalized spacial score (nSPS) is 17.5. The van der Waals surface area contributed by atoms with E-state index in [1.165, 1.54) is 18.4 Å². The van der Waals surface area contributed by atoms with Crippen LogP contribution in [0.3, 0.4) is 0 Å². The summed E-state index contributed by atoms with van der Waals surface area (Å²) in [5.41, 5.74) is 3.00. The lowest BCUT2D eigenvalue weighted by Crippen LogP contribution is -2.41. The van der Waals surface area contributed by atoms with Crippen molar-refractivity contribution < 1.29 is 0 Å². The van der Waals surface area contributed by atoms with Gasteiger partial charge in [0.05, 0.1) is 22.5 Å². The second-order valence-corrected chi connectivity index (χ2v) is 9.70. The van der Waals surface area contributed by atoms with E-state index in [1.807, 2.05) is 6.07 Å². The number of fused-ring (bicyclic) bond motifs is 1. The van der Waals surface area contributed by atoms with E-state index < -0.39 is 5.41 Å². The Morgan fingerprint density at radius 3 is 2.42 bits per heavy atom. The third kappa shape index (κ3) is 4.91. The monoisotopic (exact) mass is 443 g/mol. The Balaban J connectivity index is 1.40. The quantitative estimate of drug-likeness (QED) is 0.492. The second-order valence-electron chi connectivity index (χ2n) is 9.70. The van der Waals surface area contributed by atoms with E-state index in [0.717, 1.165) is 62.6 Å². The smallest absolute Gasteiger partial charge is 0.206 e. The minimum absolute atomic E-state index is 0.283. The van der Waals surface area contributed by atoms with Crippen LogP contribution < -0.4 is 4.90 Å². The molecule has 4 rings (SSSR count). The number of rotatable bonds is 7. The largest absolute Gasteiger partial charge is 0.341 e. The first-order valence-electron chi connectivity index (χ1n) is 12.4. The maximum Gasteiger partial charge on any atom is 0.206 e. The molecule has 1 unspecified atom stereocenters. The van der Waals surface area contributed by atoms with Crippen LogP contribution in [0.4, 0.5) is 5.95 Å². The molecule has 1 saturated heterocycles. The Hall–Kier alpha value is -2.84. The zero-order chi connectivity index (χ0) is 23.3. The van der Waals surface area contributed by atoms with Crippen molar-refractivity contribution in [3.05, 3.63) is 60.2 Å². The summed E-state index contributed by atoms with van der Waals surface area (Å²) in [4.78, 5) is 9.96. The molecule has 1 aliphatic rings. The summed E-state index contributed by atoms with van der Waals surface area (Å²) in [6.07, 6.45) is 4.31. The molecule has 2 aromatic carbocycles. The first-order valence-corrected chi connectivity index (χ1v) is 12.4. The van der Waals surface area contributed by atoms with E-state index in [-0.39, 0.29) is 5.92 Å². The van der Waals surface area contributed by atoms with Crippen molar-refractivity contribution in [2.45, 2.75) is 44.9 Å². The highest BCUT2D eigenvalue weighted by Gasteiger charge is 2.35. The lowest BCUT2D eigenvalue weighted by Gasteiger charge is -2.34. The van der Waals surface area contributed by atoms with Gasteiger partial charge in [0.25, 0.3) is 0 Å². The van der Waals surface area contributed by atoms with Crippen LogP contribution in [0.2, 0.25) is 0 Å². The molecule has 5 nitrogen and oxygen atoms in total. The van der Waals surface area contributed by atoms with Crippen molar-refractivity contribution in [2.24, 2.45) is 13.0 Å². The second kappa shape index (κ2) is 10.4. The molecule has 3 aromatic rings. The molecule has 1 aromatic heterocycles. The Morgan fingerprint density at radius 1 is 0.970 bits per heavy atom. The molecule has 1 fully saturated rings. The maximum absolute atomic E-state index is 10.2. The fraction of sp³-hybridized carbons (Fsp3) is 0.500. The van der Waals surface area contributed by atoms with Gasteiger partial charge in [0.15, 0.2) is 0 Å². The summed E-state index contributed by atoms with van der Waals surface area (Å²) in [7, 11) is 2.12. The molecular weight excluding hydrogens is 406 g/mol. The molecule has 2 heterocycles.